The molecule has 0 saturated heterocycles. The molecular formula is C11H21N3. The molecule has 2 aliphatic rings. The second-order valence-corrected chi connectivity index (χ2v) is 4.74. The number of rotatable bonds is 2. The molecule has 1 heterocycles. The Morgan fingerprint density at radius 2 is 2.21 bits per heavy atom. The molecule has 3 unspecified atom stereocenters. The van der Waals surface area contributed by atoms with Gasteiger partial charge < -0.3 is 10.2 Å². The molecule has 3 heteroatoms. The predicted octanol–water partition coefficient (Wildman–Crippen LogP) is 1.25. The number of aliphatic imine (C=N–C) groups is 1. The summed E-state index contributed by atoms with van der Waals surface area (Å²) in [4.78, 5) is 7.03. The Bertz CT molecular complexity index is 225. The Hall–Kier alpha value is -0.570. The van der Waals surface area contributed by atoms with Crippen LogP contribution in [-0.2, 0) is 0 Å². The molecule has 0 aromatic rings. The third kappa shape index (κ3) is 1.65. The zero-order valence-corrected chi connectivity index (χ0v) is 9.40. The lowest BCUT2D eigenvalue weighted by molar-refractivity contribution is 0.193. The summed E-state index contributed by atoms with van der Waals surface area (Å²) >= 11 is 0. The van der Waals surface area contributed by atoms with E-state index in [-0.39, 0.29) is 0 Å². The highest BCUT2D eigenvalue weighted by Gasteiger charge is 2.36. The molecule has 0 spiro atoms. The first-order chi connectivity index (χ1) is 6.72. The average Bonchev–Trinajstić information content (AvgIpc) is 2.59. The Kier molecular flexibility index (Phi) is 2.77. The third-order valence-corrected chi connectivity index (χ3v) is 3.56. The molecule has 80 valence electrons. The van der Waals surface area contributed by atoms with Gasteiger partial charge in [-0.2, -0.15) is 0 Å². The fraction of sp³-hybridized carbons (Fsp3) is 0.909. The van der Waals surface area contributed by atoms with Gasteiger partial charge in [0.05, 0.1) is 18.4 Å². The second kappa shape index (κ2) is 3.89. The van der Waals surface area contributed by atoms with Crippen LogP contribution in [0.4, 0.5) is 0 Å². The highest BCUT2D eigenvalue weighted by molar-refractivity contribution is 5.59. The molecule has 1 saturated carbocycles. The second-order valence-electron chi connectivity index (χ2n) is 4.74. The van der Waals surface area contributed by atoms with E-state index in [4.69, 9.17) is 0 Å². The summed E-state index contributed by atoms with van der Waals surface area (Å²) in [5.41, 5.74) is 0. The minimum atomic E-state index is 0.571. The lowest BCUT2D eigenvalue weighted by Gasteiger charge is -2.37. The van der Waals surface area contributed by atoms with Crippen LogP contribution in [0.2, 0.25) is 0 Å². The summed E-state index contributed by atoms with van der Waals surface area (Å²) in [6.45, 7) is 4.49. The molecular weight excluding hydrogens is 174 g/mol. The van der Waals surface area contributed by atoms with E-state index in [1.807, 2.05) is 0 Å². The lowest BCUT2D eigenvalue weighted by atomic mass is 9.87. The summed E-state index contributed by atoms with van der Waals surface area (Å²) in [5.74, 6) is 0. The molecule has 1 aliphatic heterocycles. The van der Waals surface area contributed by atoms with E-state index in [9.17, 15) is 0 Å². The van der Waals surface area contributed by atoms with Crippen LogP contribution in [0, 0.1) is 0 Å². The van der Waals surface area contributed by atoms with Crippen molar-refractivity contribution in [3.63, 3.8) is 0 Å². The summed E-state index contributed by atoms with van der Waals surface area (Å²) in [6.07, 6.45) is 5.84. The van der Waals surface area contributed by atoms with Gasteiger partial charge in [-0.25, -0.2) is 0 Å². The Morgan fingerprint density at radius 1 is 1.43 bits per heavy atom. The normalized spacial score (nSPS) is 36.6. The standard InChI is InChI=1S/C11H21N3/c1-8(2)14-7-13-10-5-4-9(12-3)6-11(10)14/h7-12H,4-6H2,1-3H3. The topological polar surface area (TPSA) is 27.6 Å². The average molecular weight is 195 g/mol. The van der Waals surface area contributed by atoms with Crippen molar-refractivity contribution in [2.75, 3.05) is 7.05 Å². The van der Waals surface area contributed by atoms with Crippen LogP contribution in [0.1, 0.15) is 33.1 Å². The summed E-state index contributed by atoms with van der Waals surface area (Å²) in [6, 6.07) is 2.51. The van der Waals surface area contributed by atoms with E-state index in [0.29, 0.717) is 24.2 Å². The highest BCUT2D eigenvalue weighted by atomic mass is 15.3. The van der Waals surface area contributed by atoms with E-state index >= 15 is 0 Å². The summed E-state index contributed by atoms with van der Waals surface area (Å²) < 4.78 is 0. The number of nitrogens with zero attached hydrogens (tertiary/aromatic N) is 2. The van der Waals surface area contributed by atoms with Crippen molar-refractivity contribution in [3.8, 4) is 0 Å². The molecule has 1 aliphatic carbocycles. The fourth-order valence-corrected chi connectivity index (χ4v) is 2.65. The van der Waals surface area contributed by atoms with E-state index in [1.165, 1.54) is 19.3 Å². The van der Waals surface area contributed by atoms with Crippen molar-refractivity contribution >= 4 is 6.34 Å². The smallest absolute Gasteiger partial charge is 0.0859 e. The molecule has 0 radical (unpaired) electrons. The lowest BCUT2D eigenvalue weighted by Crippen LogP contribution is -2.48. The monoisotopic (exact) mass is 195 g/mol. The van der Waals surface area contributed by atoms with Crippen molar-refractivity contribution in [2.24, 2.45) is 4.99 Å². The maximum absolute atomic E-state index is 4.60. The van der Waals surface area contributed by atoms with Gasteiger partial charge in [0.2, 0.25) is 0 Å². The molecule has 0 amide bonds. The summed E-state index contributed by atoms with van der Waals surface area (Å²) in [7, 11) is 2.07. The predicted molar refractivity (Wildman–Crippen MR) is 59.7 cm³/mol. The molecule has 2 rings (SSSR count). The van der Waals surface area contributed by atoms with E-state index < -0.39 is 0 Å². The van der Waals surface area contributed by atoms with Crippen molar-refractivity contribution in [3.05, 3.63) is 0 Å². The molecule has 0 bridgehead atoms. The Morgan fingerprint density at radius 3 is 2.86 bits per heavy atom. The van der Waals surface area contributed by atoms with Gasteiger partial charge in [0.15, 0.2) is 0 Å². The van der Waals surface area contributed by atoms with Gasteiger partial charge >= 0.3 is 0 Å². The van der Waals surface area contributed by atoms with Crippen molar-refractivity contribution in [1.29, 1.82) is 0 Å². The van der Waals surface area contributed by atoms with Crippen molar-refractivity contribution in [2.45, 2.75) is 57.3 Å². The van der Waals surface area contributed by atoms with Crippen LogP contribution < -0.4 is 5.32 Å². The number of nitrogens with one attached hydrogen (secondary N) is 1. The first kappa shape index (κ1) is 9.97. The van der Waals surface area contributed by atoms with E-state index in [0.717, 1.165) is 0 Å². The molecule has 3 atom stereocenters. The van der Waals surface area contributed by atoms with Gasteiger partial charge in [-0.3, -0.25) is 4.99 Å². The Balaban J connectivity index is 2.03. The van der Waals surface area contributed by atoms with Gasteiger partial charge in [0.1, 0.15) is 0 Å². The van der Waals surface area contributed by atoms with Crippen LogP contribution in [-0.4, -0.2) is 42.5 Å². The molecule has 0 aromatic carbocycles. The van der Waals surface area contributed by atoms with Crippen LogP contribution in [0.15, 0.2) is 4.99 Å². The van der Waals surface area contributed by atoms with Gasteiger partial charge in [-0.1, -0.05) is 0 Å². The maximum Gasteiger partial charge on any atom is 0.0859 e. The minimum absolute atomic E-state index is 0.571. The van der Waals surface area contributed by atoms with Crippen LogP contribution >= 0.6 is 0 Å². The summed E-state index contributed by atoms with van der Waals surface area (Å²) in [5, 5.41) is 3.39. The van der Waals surface area contributed by atoms with Crippen LogP contribution in [0.25, 0.3) is 0 Å². The molecule has 14 heavy (non-hydrogen) atoms. The molecule has 1 N–H and O–H groups in total. The zero-order valence-electron chi connectivity index (χ0n) is 9.40. The third-order valence-electron chi connectivity index (χ3n) is 3.56. The quantitative estimate of drug-likeness (QED) is 0.718. The van der Waals surface area contributed by atoms with E-state index in [2.05, 4.69) is 42.4 Å². The van der Waals surface area contributed by atoms with Gasteiger partial charge in [0.25, 0.3) is 0 Å². The number of hydrogen-bond acceptors (Lipinski definition) is 3. The molecule has 1 fully saturated rings. The van der Waals surface area contributed by atoms with Gasteiger partial charge in [-0.15, -0.1) is 0 Å². The maximum atomic E-state index is 4.60. The number of hydrogen-bond donors (Lipinski definition) is 1. The van der Waals surface area contributed by atoms with Crippen molar-refractivity contribution < 1.29 is 0 Å². The van der Waals surface area contributed by atoms with Gasteiger partial charge in [0, 0.05) is 12.1 Å². The van der Waals surface area contributed by atoms with Crippen molar-refractivity contribution in [1.82, 2.24) is 10.2 Å². The fourth-order valence-electron chi connectivity index (χ4n) is 2.65. The zero-order chi connectivity index (χ0) is 10.1. The SMILES string of the molecule is CNC1CCC2N=CN(C(C)C)C2C1. The van der Waals surface area contributed by atoms with Gasteiger partial charge in [-0.05, 0) is 40.2 Å². The first-order valence-corrected chi connectivity index (χ1v) is 5.70. The van der Waals surface area contributed by atoms with Crippen LogP contribution in [0.5, 0.6) is 0 Å². The minimum Gasteiger partial charge on any atom is -0.355 e. The first-order valence-electron chi connectivity index (χ1n) is 5.70. The number of fused-ring (bicyclic) bond motifs is 1. The highest BCUT2D eigenvalue weighted by Crippen LogP contribution is 2.29. The largest absolute Gasteiger partial charge is 0.355 e. The van der Waals surface area contributed by atoms with E-state index in [1.54, 1.807) is 0 Å². The molecule has 3 nitrogen and oxygen atoms in total. The Labute approximate surface area is 86.6 Å². The van der Waals surface area contributed by atoms with Crippen LogP contribution in [0.3, 0.4) is 0 Å². The molecule has 0 aromatic heterocycles.